The number of carbonyl (C=O) groups is 2. The summed E-state index contributed by atoms with van der Waals surface area (Å²) in [6, 6.07) is 22.5. The molecule has 7 nitrogen and oxygen atoms in total. The predicted octanol–water partition coefficient (Wildman–Crippen LogP) is 4.68. The van der Waals surface area contributed by atoms with Crippen LogP contribution in [0.15, 0.2) is 72.8 Å². The number of nitrogens with zero attached hydrogens (tertiary/aromatic N) is 2. The predicted molar refractivity (Wildman–Crippen MR) is 154 cm³/mol. The second kappa shape index (κ2) is 13.3. The molecule has 1 saturated heterocycles. The van der Waals surface area contributed by atoms with E-state index in [0.717, 1.165) is 40.8 Å². The first-order valence-corrected chi connectivity index (χ1v) is 13.5. The van der Waals surface area contributed by atoms with E-state index in [1.54, 1.807) is 12.0 Å². The Kier molecular flexibility index (Phi) is 9.60. The van der Waals surface area contributed by atoms with E-state index in [9.17, 15) is 9.59 Å². The number of anilines is 1. The van der Waals surface area contributed by atoms with Crippen LogP contribution in [0.4, 0.5) is 5.69 Å². The molecule has 2 atom stereocenters. The van der Waals surface area contributed by atoms with Crippen LogP contribution in [0.2, 0.25) is 0 Å². The van der Waals surface area contributed by atoms with E-state index < -0.39 is 6.04 Å². The molecule has 0 aromatic heterocycles. The van der Waals surface area contributed by atoms with Gasteiger partial charge in [-0.25, -0.2) is 0 Å². The Morgan fingerprint density at radius 3 is 2.36 bits per heavy atom. The molecule has 4 rings (SSSR count). The van der Waals surface area contributed by atoms with Crippen LogP contribution in [-0.4, -0.2) is 57.2 Å². The normalized spacial score (nSPS) is 15.4. The second-order valence-corrected chi connectivity index (χ2v) is 10.2. The highest BCUT2D eigenvalue weighted by molar-refractivity contribution is 5.90. The quantitative estimate of drug-likeness (QED) is 0.391. The molecule has 1 heterocycles. The summed E-state index contributed by atoms with van der Waals surface area (Å²) in [5.41, 5.74) is 4.55. The van der Waals surface area contributed by atoms with Crippen molar-refractivity contribution in [1.82, 2.24) is 10.2 Å². The molecule has 1 aliphatic heterocycles. The number of hydrogen-bond donors (Lipinski definition) is 1. The van der Waals surface area contributed by atoms with E-state index in [-0.39, 0.29) is 30.9 Å². The van der Waals surface area contributed by atoms with E-state index in [0.29, 0.717) is 18.9 Å². The largest absolute Gasteiger partial charge is 0.496 e. The number of ether oxygens (including phenoxy) is 2. The summed E-state index contributed by atoms with van der Waals surface area (Å²) in [7, 11) is 5.54. The summed E-state index contributed by atoms with van der Waals surface area (Å²) >= 11 is 0. The number of amides is 2. The molecular weight excluding hydrogens is 490 g/mol. The van der Waals surface area contributed by atoms with Crippen molar-refractivity contribution in [3.8, 4) is 5.75 Å². The lowest BCUT2D eigenvalue weighted by molar-refractivity contribution is -0.141. The Hall–Kier alpha value is -3.84. The molecule has 0 spiro atoms. The highest BCUT2D eigenvalue weighted by Crippen LogP contribution is 2.29. The monoisotopic (exact) mass is 529 g/mol. The minimum atomic E-state index is -0.823. The van der Waals surface area contributed by atoms with Crippen LogP contribution in [0, 0.1) is 6.92 Å². The van der Waals surface area contributed by atoms with Gasteiger partial charge in [0.15, 0.2) is 0 Å². The van der Waals surface area contributed by atoms with Gasteiger partial charge < -0.3 is 24.6 Å². The molecule has 0 saturated carbocycles. The summed E-state index contributed by atoms with van der Waals surface area (Å²) in [4.78, 5) is 31.8. The average molecular weight is 530 g/mol. The SMILES string of the molecule is COc1ccccc1CN(C(=O)Cc1ccccc1N(C)C)C(C(=O)NCC1CCCO1)c1ccc(C)cc1. The standard InChI is InChI=1S/C32H39N3O4/c1-23-15-17-24(18-16-23)31(32(37)33-21-27-12-9-19-39-27)35(22-26-11-6-8-14-29(26)38-4)30(36)20-25-10-5-7-13-28(25)34(2)3/h5-8,10-11,13-18,27,31H,9,12,19-22H2,1-4H3,(H,33,37). The second-order valence-electron chi connectivity index (χ2n) is 10.2. The van der Waals surface area contributed by atoms with E-state index in [2.05, 4.69) is 5.32 Å². The average Bonchev–Trinajstić information content (AvgIpc) is 3.47. The number of hydrogen-bond acceptors (Lipinski definition) is 5. The van der Waals surface area contributed by atoms with Crippen molar-refractivity contribution in [1.29, 1.82) is 0 Å². The summed E-state index contributed by atoms with van der Waals surface area (Å²) in [5, 5.41) is 3.08. The lowest BCUT2D eigenvalue weighted by Crippen LogP contribution is -2.45. The maximum atomic E-state index is 14.2. The Morgan fingerprint density at radius 2 is 1.69 bits per heavy atom. The molecule has 3 aromatic rings. The lowest BCUT2D eigenvalue weighted by Gasteiger charge is -2.33. The fourth-order valence-corrected chi connectivity index (χ4v) is 5.04. The minimum absolute atomic E-state index is 0.00189. The number of benzene rings is 3. The van der Waals surface area contributed by atoms with Crippen LogP contribution in [0.25, 0.3) is 0 Å². The smallest absolute Gasteiger partial charge is 0.247 e. The zero-order chi connectivity index (χ0) is 27.8. The van der Waals surface area contributed by atoms with E-state index in [1.807, 2.05) is 98.7 Å². The van der Waals surface area contributed by atoms with E-state index in [1.165, 1.54) is 0 Å². The van der Waals surface area contributed by atoms with Gasteiger partial charge in [0.2, 0.25) is 11.8 Å². The van der Waals surface area contributed by atoms with Crippen LogP contribution < -0.4 is 15.0 Å². The van der Waals surface area contributed by atoms with Gasteiger partial charge >= 0.3 is 0 Å². The van der Waals surface area contributed by atoms with Crippen LogP contribution in [-0.2, 0) is 27.3 Å². The molecule has 0 bridgehead atoms. The number of methoxy groups -OCH3 is 1. The number of carbonyl (C=O) groups excluding carboxylic acids is 2. The summed E-state index contributed by atoms with van der Waals surface area (Å²) in [6.45, 7) is 3.36. The van der Waals surface area contributed by atoms with E-state index >= 15 is 0 Å². The Balaban J connectivity index is 1.73. The summed E-state index contributed by atoms with van der Waals surface area (Å²) in [6.07, 6.45) is 2.06. The first-order chi connectivity index (χ1) is 18.9. The number of para-hydroxylation sites is 2. The molecule has 1 fully saturated rings. The third-order valence-electron chi connectivity index (χ3n) is 7.15. The molecule has 1 N–H and O–H groups in total. The van der Waals surface area contributed by atoms with Gasteiger partial charge in [0.1, 0.15) is 11.8 Å². The third-order valence-corrected chi connectivity index (χ3v) is 7.15. The van der Waals surface area contributed by atoms with Gasteiger partial charge in [0, 0.05) is 38.5 Å². The van der Waals surface area contributed by atoms with Crippen molar-refractivity contribution in [3.63, 3.8) is 0 Å². The molecule has 0 aliphatic carbocycles. The number of nitrogens with one attached hydrogen (secondary N) is 1. The van der Waals surface area contributed by atoms with Crippen molar-refractivity contribution in [2.45, 2.75) is 44.9 Å². The molecule has 3 aromatic carbocycles. The van der Waals surface area contributed by atoms with Crippen molar-refractivity contribution >= 4 is 17.5 Å². The lowest BCUT2D eigenvalue weighted by atomic mass is 9.99. The minimum Gasteiger partial charge on any atom is -0.496 e. The fraction of sp³-hybridized carbons (Fsp3) is 0.375. The third kappa shape index (κ3) is 7.18. The van der Waals surface area contributed by atoms with Crippen molar-refractivity contribution in [3.05, 3.63) is 95.1 Å². The Bertz CT molecular complexity index is 1250. The first-order valence-electron chi connectivity index (χ1n) is 13.5. The van der Waals surface area contributed by atoms with Crippen LogP contribution in [0.1, 0.15) is 41.1 Å². The Morgan fingerprint density at radius 1 is 1.00 bits per heavy atom. The van der Waals surface area contributed by atoms with Gasteiger partial charge in [-0.2, -0.15) is 0 Å². The zero-order valence-electron chi connectivity index (χ0n) is 23.4. The van der Waals surface area contributed by atoms with Crippen molar-refractivity contribution in [2.24, 2.45) is 0 Å². The molecule has 0 radical (unpaired) electrons. The maximum absolute atomic E-state index is 14.2. The Labute approximate surface area is 231 Å². The van der Waals surface area contributed by atoms with Crippen molar-refractivity contribution in [2.75, 3.05) is 39.3 Å². The summed E-state index contributed by atoms with van der Waals surface area (Å²) < 4.78 is 11.3. The maximum Gasteiger partial charge on any atom is 0.247 e. The van der Waals surface area contributed by atoms with E-state index in [4.69, 9.17) is 9.47 Å². The van der Waals surface area contributed by atoms with Crippen LogP contribution >= 0.6 is 0 Å². The topological polar surface area (TPSA) is 71.1 Å². The number of rotatable bonds is 11. The van der Waals surface area contributed by atoms with Crippen LogP contribution in [0.3, 0.4) is 0 Å². The highest BCUT2D eigenvalue weighted by atomic mass is 16.5. The van der Waals surface area contributed by atoms with Crippen molar-refractivity contribution < 1.29 is 19.1 Å². The number of aryl methyl sites for hydroxylation is 1. The molecule has 7 heteroatoms. The van der Waals surface area contributed by atoms with Gasteiger partial charge in [-0.15, -0.1) is 0 Å². The molecule has 206 valence electrons. The molecule has 2 unspecified atom stereocenters. The molecular formula is C32H39N3O4. The summed E-state index contributed by atoms with van der Waals surface area (Å²) in [5.74, 6) is 0.304. The molecule has 2 amide bonds. The van der Waals surface area contributed by atoms with Gasteiger partial charge in [0.05, 0.1) is 26.2 Å². The fourth-order valence-electron chi connectivity index (χ4n) is 5.04. The van der Waals surface area contributed by atoms with Gasteiger partial charge in [0.25, 0.3) is 0 Å². The first kappa shape index (κ1) is 28.2. The zero-order valence-corrected chi connectivity index (χ0v) is 23.4. The molecule has 1 aliphatic rings. The highest BCUT2D eigenvalue weighted by Gasteiger charge is 2.33. The van der Waals surface area contributed by atoms with Gasteiger partial charge in [-0.05, 0) is 43.0 Å². The molecule has 39 heavy (non-hydrogen) atoms. The van der Waals surface area contributed by atoms with Gasteiger partial charge in [-0.3, -0.25) is 9.59 Å². The van der Waals surface area contributed by atoms with Crippen LogP contribution in [0.5, 0.6) is 5.75 Å². The van der Waals surface area contributed by atoms with Gasteiger partial charge in [-0.1, -0.05) is 66.2 Å².